The van der Waals surface area contributed by atoms with Crippen LogP contribution in [0.3, 0.4) is 0 Å². The average Bonchev–Trinajstić information content (AvgIpc) is 2.70. The van der Waals surface area contributed by atoms with Crippen molar-refractivity contribution in [3.05, 3.63) is 72.1 Å². The molecule has 7 heteroatoms. The quantitative estimate of drug-likeness (QED) is 0.813. The van der Waals surface area contributed by atoms with E-state index in [-0.39, 0.29) is 15.8 Å². The number of amides is 1. The van der Waals surface area contributed by atoms with E-state index in [1.807, 2.05) is 37.4 Å². The smallest absolute Gasteiger partial charge is 0.320 e. The van der Waals surface area contributed by atoms with E-state index in [9.17, 15) is 9.90 Å². The molecule has 1 aliphatic heterocycles. The molecule has 1 aliphatic rings. The molecule has 2 N–H and O–H groups in total. The van der Waals surface area contributed by atoms with Gasteiger partial charge in [-0.3, -0.25) is 10.1 Å². The summed E-state index contributed by atoms with van der Waals surface area (Å²) in [5.41, 5.74) is 1.02. The second kappa shape index (κ2) is 7.61. The van der Waals surface area contributed by atoms with E-state index in [1.54, 1.807) is 31.4 Å². The third-order valence-corrected chi connectivity index (χ3v) is 4.57. The van der Waals surface area contributed by atoms with Gasteiger partial charge in [0.15, 0.2) is 0 Å². The number of aromatic hydroxyl groups is 1. The Morgan fingerprint density at radius 1 is 1.11 bits per heavy atom. The van der Waals surface area contributed by atoms with Crippen molar-refractivity contribution in [2.24, 2.45) is 4.99 Å². The van der Waals surface area contributed by atoms with Crippen LogP contribution in [0.4, 0.5) is 5.69 Å². The molecular weight excluding hydrogens is 346 g/mol. The molecule has 27 heavy (non-hydrogen) atoms. The van der Waals surface area contributed by atoms with Gasteiger partial charge in [0.05, 0.1) is 25.8 Å². The Hall–Kier alpha value is -3.16. The molecular formula is C20H22N3O4+. The topological polar surface area (TPSA) is 80.2 Å². The highest BCUT2D eigenvalue weighted by molar-refractivity contribution is 6.10. The lowest BCUT2D eigenvalue weighted by Gasteiger charge is -2.39. The third-order valence-electron chi connectivity index (χ3n) is 4.57. The largest absolute Gasteiger partial charge is 0.507 e. The standard InChI is InChI=1S/C20H21N3O4/c1-23(14-9-5-4-6-10-14)18(27-3)13-17(26-2)21-20(23)22-19(25)15-11-7-8-12-16(15)24/h4-13,18H,1-3H3,(H-,21,22,24,25)/p+1. The van der Waals surface area contributed by atoms with Crippen LogP contribution in [-0.2, 0) is 9.47 Å². The summed E-state index contributed by atoms with van der Waals surface area (Å²) in [5.74, 6) is 0.0760. The number of methoxy groups -OCH3 is 2. The van der Waals surface area contributed by atoms with Crippen LogP contribution in [0.25, 0.3) is 0 Å². The van der Waals surface area contributed by atoms with Crippen LogP contribution < -0.4 is 9.80 Å². The third kappa shape index (κ3) is 3.42. The van der Waals surface area contributed by atoms with Gasteiger partial charge >= 0.3 is 5.96 Å². The number of aliphatic imine (C=N–C) groups is 1. The van der Waals surface area contributed by atoms with E-state index in [0.29, 0.717) is 11.8 Å². The number of nitrogens with zero attached hydrogens (tertiary/aromatic N) is 2. The molecule has 3 rings (SSSR count). The van der Waals surface area contributed by atoms with E-state index < -0.39 is 12.1 Å². The summed E-state index contributed by atoms with van der Waals surface area (Å²) in [5, 5.41) is 12.8. The van der Waals surface area contributed by atoms with Gasteiger partial charge in [-0.1, -0.05) is 30.3 Å². The molecule has 1 amide bonds. The summed E-state index contributed by atoms with van der Waals surface area (Å²) in [6.07, 6.45) is 1.28. The molecule has 2 unspecified atom stereocenters. The number of guanidine groups is 1. The van der Waals surface area contributed by atoms with Crippen LogP contribution in [-0.4, -0.2) is 44.5 Å². The number of rotatable bonds is 4. The Morgan fingerprint density at radius 3 is 2.41 bits per heavy atom. The Balaban J connectivity index is 2.05. The van der Waals surface area contributed by atoms with Gasteiger partial charge in [0, 0.05) is 7.11 Å². The predicted molar refractivity (Wildman–Crippen MR) is 103 cm³/mol. The van der Waals surface area contributed by atoms with Crippen molar-refractivity contribution in [1.82, 2.24) is 9.80 Å². The molecule has 0 aromatic heterocycles. The molecule has 0 radical (unpaired) electrons. The molecule has 0 spiro atoms. The summed E-state index contributed by atoms with van der Waals surface area (Å²) < 4.78 is 11.0. The molecule has 0 bridgehead atoms. The highest BCUT2D eigenvalue weighted by Gasteiger charge is 2.44. The van der Waals surface area contributed by atoms with Crippen molar-refractivity contribution in [2.45, 2.75) is 6.23 Å². The number of hydrogen-bond donors (Lipinski definition) is 2. The SMILES string of the molecule is COC1=CC(OC)[N+](C)(c2ccccc2)C(NC(=O)c2ccccc2O)=N1. The molecule has 140 valence electrons. The number of carbonyl (C=O) groups is 1. The van der Waals surface area contributed by atoms with E-state index in [4.69, 9.17) is 9.47 Å². The summed E-state index contributed by atoms with van der Waals surface area (Å²) in [4.78, 5) is 17.2. The summed E-state index contributed by atoms with van der Waals surface area (Å²) in [7, 11) is 4.97. The van der Waals surface area contributed by atoms with Crippen LogP contribution in [0.2, 0.25) is 0 Å². The lowest BCUT2D eigenvalue weighted by Crippen LogP contribution is -2.64. The number of carbonyl (C=O) groups excluding carboxylic acids is 1. The van der Waals surface area contributed by atoms with Crippen molar-refractivity contribution in [2.75, 3.05) is 21.3 Å². The molecule has 0 saturated carbocycles. The van der Waals surface area contributed by atoms with Gasteiger partial charge in [-0.15, -0.1) is 4.99 Å². The minimum Gasteiger partial charge on any atom is -0.507 e. The number of quaternary nitrogens is 1. The van der Waals surface area contributed by atoms with Crippen molar-refractivity contribution in [3.8, 4) is 5.75 Å². The maximum Gasteiger partial charge on any atom is 0.320 e. The lowest BCUT2D eigenvalue weighted by molar-refractivity contribution is 0.0505. The summed E-state index contributed by atoms with van der Waals surface area (Å²) >= 11 is 0. The molecule has 2 aromatic rings. The fourth-order valence-corrected chi connectivity index (χ4v) is 3.02. The molecule has 0 fully saturated rings. The zero-order chi connectivity index (χ0) is 19.4. The Bertz CT molecular complexity index is 895. The first-order valence-corrected chi connectivity index (χ1v) is 8.39. The molecule has 2 aromatic carbocycles. The number of phenolic OH excluding ortho intramolecular Hbond substituents is 1. The summed E-state index contributed by atoms with van der Waals surface area (Å²) in [6.45, 7) is 0. The second-order valence-electron chi connectivity index (χ2n) is 6.15. The van der Waals surface area contributed by atoms with Gasteiger partial charge in [-0.05, 0) is 24.3 Å². The number of likely N-dealkylation sites (N-methyl/N-ethyl adjacent to an activating group) is 1. The normalized spacial score (nSPS) is 21.8. The van der Waals surface area contributed by atoms with Crippen LogP contribution in [0.15, 0.2) is 71.5 Å². The molecule has 2 atom stereocenters. The molecule has 0 aliphatic carbocycles. The van der Waals surface area contributed by atoms with Crippen LogP contribution in [0, 0.1) is 0 Å². The number of ether oxygens (including phenoxy) is 2. The maximum absolute atomic E-state index is 12.8. The zero-order valence-corrected chi connectivity index (χ0v) is 15.4. The van der Waals surface area contributed by atoms with E-state index in [1.165, 1.54) is 13.2 Å². The van der Waals surface area contributed by atoms with Gasteiger partial charge in [-0.2, -0.15) is 0 Å². The van der Waals surface area contributed by atoms with Crippen molar-refractivity contribution < 1.29 is 19.4 Å². The Kier molecular flexibility index (Phi) is 5.25. The number of phenols is 1. The fourth-order valence-electron chi connectivity index (χ4n) is 3.02. The van der Waals surface area contributed by atoms with E-state index in [0.717, 1.165) is 5.69 Å². The van der Waals surface area contributed by atoms with E-state index in [2.05, 4.69) is 10.3 Å². The Labute approximate surface area is 157 Å². The second-order valence-corrected chi connectivity index (χ2v) is 6.15. The van der Waals surface area contributed by atoms with Gasteiger partial charge in [0.2, 0.25) is 12.1 Å². The molecule has 1 heterocycles. The first-order chi connectivity index (χ1) is 13.0. The minimum absolute atomic E-state index is 0.0730. The monoisotopic (exact) mass is 368 g/mol. The lowest BCUT2D eigenvalue weighted by atomic mass is 10.2. The first-order valence-electron chi connectivity index (χ1n) is 8.39. The Morgan fingerprint density at radius 2 is 1.78 bits per heavy atom. The van der Waals surface area contributed by atoms with Gasteiger partial charge < -0.3 is 14.6 Å². The fraction of sp³-hybridized carbons (Fsp3) is 0.200. The molecule has 7 nitrogen and oxygen atoms in total. The maximum atomic E-state index is 12.8. The van der Waals surface area contributed by atoms with Gasteiger partial charge in [0.1, 0.15) is 11.4 Å². The number of para-hydroxylation sites is 2. The highest BCUT2D eigenvalue weighted by atomic mass is 16.5. The summed E-state index contributed by atoms with van der Waals surface area (Å²) in [6, 6.07) is 15.9. The number of nitrogens with one attached hydrogen (secondary N) is 1. The average molecular weight is 368 g/mol. The van der Waals surface area contributed by atoms with E-state index >= 15 is 0 Å². The predicted octanol–water partition coefficient (Wildman–Crippen LogP) is 2.59. The van der Waals surface area contributed by atoms with Crippen LogP contribution >= 0.6 is 0 Å². The van der Waals surface area contributed by atoms with Crippen molar-refractivity contribution in [3.63, 3.8) is 0 Å². The minimum atomic E-state index is -0.473. The van der Waals surface area contributed by atoms with Gasteiger partial charge in [0.25, 0.3) is 5.91 Å². The van der Waals surface area contributed by atoms with Crippen LogP contribution in [0.5, 0.6) is 5.75 Å². The van der Waals surface area contributed by atoms with Crippen molar-refractivity contribution in [1.29, 1.82) is 0 Å². The zero-order valence-electron chi connectivity index (χ0n) is 15.4. The van der Waals surface area contributed by atoms with Gasteiger partial charge in [-0.25, -0.2) is 4.48 Å². The van der Waals surface area contributed by atoms with Crippen molar-refractivity contribution >= 4 is 17.6 Å². The number of hydrogen-bond acceptors (Lipinski definition) is 5. The number of benzene rings is 2. The molecule has 0 saturated heterocycles. The van der Waals surface area contributed by atoms with Crippen LogP contribution in [0.1, 0.15) is 10.4 Å². The first kappa shape index (κ1) is 18.6. The highest BCUT2D eigenvalue weighted by Crippen LogP contribution is 2.30.